The second-order valence-corrected chi connectivity index (χ2v) is 2.41. The topological polar surface area (TPSA) is 40.5 Å². The van der Waals surface area contributed by atoms with E-state index in [0.717, 1.165) is 12.8 Å². The Bertz CT molecular complexity index is 131. The van der Waals surface area contributed by atoms with E-state index in [1.165, 1.54) is 0 Å². The van der Waals surface area contributed by atoms with Crippen molar-refractivity contribution >= 4 is 0 Å². The molecule has 1 rings (SSSR count). The van der Waals surface area contributed by atoms with Crippen molar-refractivity contribution in [2.24, 2.45) is 0 Å². The normalized spacial score (nSPS) is 39.8. The Labute approximate surface area is 60.5 Å². The molecule has 0 spiro atoms. The number of hydrogen-bond donors (Lipinski definition) is 2. The fourth-order valence-electron chi connectivity index (χ4n) is 0.891. The molecular formula is C8H12O2. The van der Waals surface area contributed by atoms with Gasteiger partial charge in [0.05, 0.1) is 0 Å². The van der Waals surface area contributed by atoms with Crippen molar-refractivity contribution in [1.29, 1.82) is 0 Å². The van der Waals surface area contributed by atoms with E-state index < -0.39 is 12.2 Å². The first-order valence-corrected chi connectivity index (χ1v) is 3.50. The zero-order chi connectivity index (χ0) is 7.40. The summed E-state index contributed by atoms with van der Waals surface area (Å²) in [4.78, 5) is 0. The molecule has 0 aromatic rings. The second kappa shape index (κ2) is 3.54. The molecule has 10 heavy (non-hydrogen) atoms. The van der Waals surface area contributed by atoms with E-state index in [2.05, 4.69) is 0 Å². The van der Waals surface area contributed by atoms with Crippen LogP contribution in [-0.2, 0) is 0 Å². The third-order valence-electron chi connectivity index (χ3n) is 1.52. The van der Waals surface area contributed by atoms with Crippen molar-refractivity contribution in [3.63, 3.8) is 0 Å². The van der Waals surface area contributed by atoms with Crippen molar-refractivity contribution in [3.05, 3.63) is 24.3 Å². The van der Waals surface area contributed by atoms with Gasteiger partial charge in [0.15, 0.2) is 0 Å². The van der Waals surface area contributed by atoms with E-state index in [9.17, 15) is 0 Å². The minimum Gasteiger partial charge on any atom is -0.386 e. The molecule has 0 amide bonds. The summed E-state index contributed by atoms with van der Waals surface area (Å²) in [5.74, 6) is 0. The third kappa shape index (κ3) is 1.97. The van der Waals surface area contributed by atoms with Gasteiger partial charge in [-0.2, -0.15) is 0 Å². The molecule has 0 fully saturated rings. The molecule has 0 saturated carbocycles. The molecule has 0 saturated heterocycles. The largest absolute Gasteiger partial charge is 0.386 e. The van der Waals surface area contributed by atoms with Crippen LogP contribution in [-0.4, -0.2) is 22.4 Å². The van der Waals surface area contributed by atoms with Crippen LogP contribution in [0.3, 0.4) is 0 Å². The number of rotatable bonds is 0. The standard InChI is InChI=1S/C8H12O2/c9-7-5-3-1-2-4-6-8(7)10/h3-10H,1-2H2/b5-3-,6-4-. The van der Waals surface area contributed by atoms with E-state index >= 15 is 0 Å². The lowest BCUT2D eigenvalue weighted by Gasteiger charge is -2.11. The molecule has 2 atom stereocenters. The number of aliphatic hydroxyl groups is 2. The Hall–Kier alpha value is -0.600. The summed E-state index contributed by atoms with van der Waals surface area (Å²) in [5, 5.41) is 18.2. The lowest BCUT2D eigenvalue weighted by Crippen LogP contribution is -2.21. The summed E-state index contributed by atoms with van der Waals surface area (Å²) in [7, 11) is 0. The molecule has 0 aromatic carbocycles. The van der Waals surface area contributed by atoms with E-state index in [1.807, 2.05) is 12.2 Å². The average molecular weight is 140 g/mol. The van der Waals surface area contributed by atoms with E-state index in [0.29, 0.717) is 0 Å². The summed E-state index contributed by atoms with van der Waals surface area (Å²) in [6, 6.07) is 0. The van der Waals surface area contributed by atoms with Crippen LogP contribution < -0.4 is 0 Å². The molecule has 2 heteroatoms. The predicted octanol–water partition coefficient (Wildman–Crippen LogP) is 0.614. The Balaban J connectivity index is 2.55. The SMILES string of the molecule is OC1/C=C\CC/C=C\C1O. The van der Waals surface area contributed by atoms with Gasteiger partial charge in [0.25, 0.3) is 0 Å². The van der Waals surface area contributed by atoms with Gasteiger partial charge in [-0.1, -0.05) is 24.3 Å². The molecule has 2 unspecified atom stereocenters. The Morgan fingerprint density at radius 3 is 1.70 bits per heavy atom. The minimum absolute atomic E-state index is 0.725. The molecular weight excluding hydrogens is 128 g/mol. The third-order valence-corrected chi connectivity index (χ3v) is 1.52. The fourth-order valence-corrected chi connectivity index (χ4v) is 0.891. The van der Waals surface area contributed by atoms with Crippen LogP contribution in [0.25, 0.3) is 0 Å². The van der Waals surface area contributed by atoms with Crippen molar-refractivity contribution in [3.8, 4) is 0 Å². The molecule has 2 nitrogen and oxygen atoms in total. The quantitative estimate of drug-likeness (QED) is 0.484. The maximum atomic E-state index is 9.09. The van der Waals surface area contributed by atoms with Gasteiger partial charge < -0.3 is 10.2 Å². The zero-order valence-corrected chi connectivity index (χ0v) is 5.77. The predicted molar refractivity (Wildman–Crippen MR) is 39.5 cm³/mol. The molecule has 0 aromatic heterocycles. The first-order valence-electron chi connectivity index (χ1n) is 3.50. The zero-order valence-electron chi connectivity index (χ0n) is 5.77. The highest BCUT2D eigenvalue weighted by Gasteiger charge is 2.09. The summed E-state index contributed by atoms with van der Waals surface area (Å²) in [6.45, 7) is 0. The van der Waals surface area contributed by atoms with Gasteiger partial charge in [0, 0.05) is 0 Å². The van der Waals surface area contributed by atoms with Crippen molar-refractivity contribution in [2.75, 3.05) is 0 Å². The summed E-state index contributed by atoms with van der Waals surface area (Å²) in [5.41, 5.74) is 0. The molecule has 56 valence electrons. The van der Waals surface area contributed by atoms with Crippen LogP contribution in [0.15, 0.2) is 24.3 Å². The monoisotopic (exact) mass is 140 g/mol. The smallest absolute Gasteiger partial charge is 0.102 e. The number of hydrogen-bond acceptors (Lipinski definition) is 2. The highest BCUT2D eigenvalue weighted by Crippen LogP contribution is 2.04. The van der Waals surface area contributed by atoms with Gasteiger partial charge in [-0.15, -0.1) is 0 Å². The first-order chi connectivity index (χ1) is 4.80. The molecule has 0 aliphatic heterocycles. The molecule has 0 bridgehead atoms. The maximum Gasteiger partial charge on any atom is 0.102 e. The van der Waals surface area contributed by atoms with E-state index in [4.69, 9.17) is 10.2 Å². The summed E-state index contributed by atoms with van der Waals surface area (Å²) in [6.07, 6.45) is 7.48. The fraction of sp³-hybridized carbons (Fsp3) is 0.500. The van der Waals surface area contributed by atoms with Crippen LogP contribution in [0.1, 0.15) is 12.8 Å². The van der Waals surface area contributed by atoms with Crippen molar-refractivity contribution < 1.29 is 10.2 Å². The van der Waals surface area contributed by atoms with Crippen molar-refractivity contribution in [1.82, 2.24) is 0 Å². The Kier molecular flexibility index (Phi) is 2.66. The van der Waals surface area contributed by atoms with E-state index in [-0.39, 0.29) is 0 Å². The highest BCUT2D eigenvalue weighted by molar-refractivity contribution is 5.04. The van der Waals surface area contributed by atoms with Crippen LogP contribution >= 0.6 is 0 Å². The molecule has 0 radical (unpaired) electrons. The molecule has 1 aliphatic rings. The lowest BCUT2D eigenvalue weighted by molar-refractivity contribution is 0.0801. The van der Waals surface area contributed by atoms with Crippen molar-refractivity contribution in [2.45, 2.75) is 25.0 Å². The first kappa shape index (κ1) is 7.51. The highest BCUT2D eigenvalue weighted by atomic mass is 16.3. The van der Waals surface area contributed by atoms with Gasteiger partial charge in [-0.3, -0.25) is 0 Å². The van der Waals surface area contributed by atoms with Crippen LogP contribution in [0.2, 0.25) is 0 Å². The van der Waals surface area contributed by atoms with Crippen LogP contribution in [0.4, 0.5) is 0 Å². The number of aliphatic hydroxyl groups excluding tert-OH is 2. The van der Waals surface area contributed by atoms with Gasteiger partial charge in [0.2, 0.25) is 0 Å². The minimum atomic E-state index is -0.725. The Morgan fingerprint density at radius 2 is 1.30 bits per heavy atom. The molecule has 1 aliphatic carbocycles. The van der Waals surface area contributed by atoms with E-state index in [1.54, 1.807) is 12.2 Å². The summed E-state index contributed by atoms with van der Waals surface area (Å²) >= 11 is 0. The lowest BCUT2D eigenvalue weighted by atomic mass is 10.1. The van der Waals surface area contributed by atoms with Gasteiger partial charge >= 0.3 is 0 Å². The molecule has 0 heterocycles. The van der Waals surface area contributed by atoms with Crippen LogP contribution in [0, 0.1) is 0 Å². The van der Waals surface area contributed by atoms with Crippen LogP contribution in [0.5, 0.6) is 0 Å². The number of allylic oxidation sites excluding steroid dienone is 2. The van der Waals surface area contributed by atoms with Gasteiger partial charge in [0.1, 0.15) is 12.2 Å². The molecule has 2 N–H and O–H groups in total. The second-order valence-electron chi connectivity index (χ2n) is 2.41. The Morgan fingerprint density at radius 1 is 0.900 bits per heavy atom. The van der Waals surface area contributed by atoms with Gasteiger partial charge in [-0.05, 0) is 12.8 Å². The summed E-state index contributed by atoms with van der Waals surface area (Å²) < 4.78 is 0. The maximum absolute atomic E-state index is 9.09. The van der Waals surface area contributed by atoms with Gasteiger partial charge in [-0.25, -0.2) is 0 Å². The average Bonchev–Trinajstić information content (AvgIpc) is 1.92.